The first-order chi connectivity index (χ1) is 17.3. The maximum atomic E-state index is 13.3. The average molecular weight is 508 g/mol. The fourth-order valence-corrected chi connectivity index (χ4v) is 6.38. The molecule has 0 fully saturated rings. The van der Waals surface area contributed by atoms with Gasteiger partial charge < -0.3 is 9.67 Å². The molecule has 7 nitrogen and oxygen atoms in total. The molecule has 2 N–H and O–H groups in total. The number of carboxylic acids is 1. The van der Waals surface area contributed by atoms with Crippen LogP contribution in [0.2, 0.25) is 0 Å². The zero-order valence-corrected chi connectivity index (χ0v) is 20.3. The Kier molecular flexibility index (Phi) is 6.59. The van der Waals surface area contributed by atoms with Crippen molar-refractivity contribution in [3.05, 3.63) is 95.2 Å². The summed E-state index contributed by atoms with van der Waals surface area (Å²) in [7, 11) is -3.82. The maximum absolute atomic E-state index is 13.3. The highest BCUT2D eigenvalue weighted by Crippen LogP contribution is 2.36. The third-order valence-electron chi connectivity index (χ3n) is 6.69. The number of carboxylic acid groups (broad SMARTS) is 1. The number of nitrogens with one attached hydrogen (secondary N) is 1. The summed E-state index contributed by atoms with van der Waals surface area (Å²) < 4.78 is 44.1. The van der Waals surface area contributed by atoms with Crippen molar-refractivity contribution >= 4 is 26.9 Å². The zero-order chi connectivity index (χ0) is 25.3. The van der Waals surface area contributed by atoms with Gasteiger partial charge in [0.1, 0.15) is 5.82 Å². The lowest BCUT2D eigenvalue weighted by molar-refractivity contribution is -0.137. The minimum absolute atomic E-state index is 0.00365. The van der Waals surface area contributed by atoms with Crippen LogP contribution < -0.4 is 4.72 Å². The summed E-state index contributed by atoms with van der Waals surface area (Å²) in [5.74, 6) is -1.36. The number of aliphatic carboxylic acids is 1. The lowest BCUT2D eigenvalue weighted by Gasteiger charge is -2.25. The summed E-state index contributed by atoms with van der Waals surface area (Å²) in [4.78, 5) is 15.6. The van der Waals surface area contributed by atoms with Gasteiger partial charge in [-0.3, -0.25) is 9.78 Å². The van der Waals surface area contributed by atoms with Gasteiger partial charge in [-0.1, -0.05) is 18.2 Å². The number of nitrogens with zero attached hydrogens (tertiary/aromatic N) is 2. The van der Waals surface area contributed by atoms with E-state index in [0.29, 0.717) is 32.2 Å². The highest BCUT2D eigenvalue weighted by molar-refractivity contribution is 7.89. The van der Waals surface area contributed by atoms with Crippen molar-refractivity contribution in [2.45, 2.75) is 49.6 Å². The number of rotatable bonds is 8. The molecule has 0 aliphatic heterocycles. The van der Waals surface area contributed by atoms with E-state index in [2.05, 4.69) is 20.3 Å². The number of hydrogen-bond acceptors (Lipinski definition) is 4. The van der Waals surface area contributed by atoms with Crippen molar-refractivity contribution in [1.82, 2.24) is 14.3 Å². The molecule has 186 valence electrons. The molecule has 0 saturated carbocycles. The molecular weight excluding hydrogens is 481 g/mol. The van der Waals surface area contributed by atoms with Gasteiger partial charge in [-0.15, -0.1) is 0 Å². The first-order valence-corrected chi connectivity index (χ1v) is 13.3. The molecule has 5 rings (SSSR count). The number of benzene rings is 2. The van der Waals surface area contributed by atoms with Crippen LogP contribution in [0.25, 0.3) is 10.9 Å². The molecule has 1 unspecified atom stereocenters. The zero-order valence-electron chi connectivity index (χ0n) is 19.5. The molecule has 1 atom stereocenters. The standard InChI is InChI=1S/C27H26FN3O4S/c28-20-6-9-22(10-7-20)36(34,35)30-21-8-11-24-23(16-21)27-19(15-18-3-2-13-29-17-18)4-1-5-25(27)31(24)14-12-26(32)33/h1-7,9-10,13,17,21,30H,8,11-12,14-16H2,(H,32,33). The van der Waals surface area contributed by atoms with E-state index in [0.717, 1.165) is 45.4 Å². The number of fused-ring (bicyclic) bond motifs is 3. The molecule has 1 aliphatic carbocycles. The van der Waals surface area contributed by atoms with Crippen molar-refractivity contribution in [3.63, 3.8) is 0 Å². The van der Waals surface area contributed by atoms with Gasteiger partial charge in [0.25, 0.3) is 0 Å². The van der Waals surface area contributed by atoms with Crippen LogP contribution >= 0.6 is 0 Å². The summed E-state index contributed by atoms with van der Waals surface area (Å²) in [5.41, 5.74) is 5.22. The molecule has 0 bridgehead atoms. The lowest BCUT2D eigenvalue weighted by Crippen LogP contribution is -2.39. The Bertz CT molecular complexity index is 1520. The summed E-state index contributed by atoms with van der Waals surface area (Å²) >= 11 is 0. The SMILES string of the molecule is O=C(O)CCn1c2c(c3c(Cc4cccnc4)cccc31)CC(NS(=O)(=O)c1ccc(F)cc1)CC2. The van der Waals surface area contributed by atoms with Crippen molar-refractivity contribution < 1.29 is 22.7 Å². The van der Waals surface area contributed by atoms with Gasteiger partial charge in [0, 0.05) is 41.6 Å². The molecule has 36 heavy (non-hydrogen) atoms. The van der Waals surface area contributed by atoms with Crippen molar-refractivity contribution in [2.75, 3.05) is 0 Å². The Balaban J connectivity index is 1.53. The summed E-state index contributed by atoms with van der Waals surface area (Å²) in [6.45, 7) is 0.351. The summed E-state index contributed by atoms with van der Waals surface area (Å²) in [5, 5.41) is 10.4. The normalized spacial score (nSPS) is 15.6. The third-order valence-corrected chi connectivity index (χ3v) is 8.22. The largest absolute Gasteiger partial charge is 0.481 e. The number of aromatic nitrogens is 2. The second kappa shape index (κ2) is 9.83. The molecule has 0 radical (unpaired) electrons. The molecule has 2 heterocycles. The van der Waals surface area contributed by atoms with Crippen LogP contribution in [0.1, 0.15) is 35.2 Å². The van der Waals surface area contributed by atoms with Crippen LogP contribution in [-0.4, -0.2) is 35.1 Å². The van der Waals surface area contributed by atoms with Gasteiger partial charge in [-0.25, -0.2) is 17.5 Å². The monoisotopic (exact) mass is 507 g/mol. The van der Waals surface area contributed by atoms with Crippen LogP contribution in [0.15, 0.2) is 71.9 Å². The predicted molar refractivity (Wildman–Crippen MR) is 134 cm³/mol. The molecule has 9 heteroatoms. The van der Waals surface area contributed by atoms with Crippen molar-refractivity contribution in [2.24, 2.45) is 0 Å². The average Bonchev–Trinajstić information content (AvgIpc) is 3.17. The summed E-state index contributed by atoms with van der Waals surface area (Å²) in [6, 6.07) is 14.4. The van der Waals surface area contributed by atoms with E-state index in [4.69, 9.17) is 0 Å². The third kappa shape index (κ3) is 4.89. The number of pyridine rings is 1. The van der Waals surface area contributed by atoms with Gasteiger partial charge in [0.15, 0.2) is 0 Å². The van der Waals surface area contributed by atoms with Crippen LogP contribution in [0.3, 0.4) is 0 Å². The van der Waals surface area contributed by atoms with Crippen LogP contribution in [0.4, 0.5) is 4.39 Å². The Labute approximate surface area is 208 Å². The van der Waals surface area contributed by atoms with E-state index in [1.54, 1.807) is 6.20 Å². The van der Waals surface area contributed by atoms with E-state index in [9.17, 15) is 22.7 Å². The predicted octanol–water partition coefficient (Wildman–Crippen LogP) is 4.08. The van der Waals surface area contributed by atoms with Crippen LogP contribution in [-0.2, 0) is 40.6 Å². The number of aryl methyl sites for hydroxylation is 1. The first kappa shape index (κ1) is 24.1. The fourth-order valence-electron chi connectivity index (χ4n) is 5.11. The van der Waals surface area contributed by atoms with Gasteiger partial charge >= 0.3 is 5.97 Å². The number of hydrogen-bond donors (Lipinski definition) is 2. The second-order valence-electron chi connectivity index (χ2n) is 9.08. The quantitative estimate of drug-likeness (QED) is 0.374. The summed E-state index contributed by atoms with van der Waals surface area (Å²) in [6.07, 6.45) is 5.90. The van der Waals surface area contributed by atoms with Gasteiger partial charge in [-0.2, -0.15) is 0 Å². The molecule has 2 aromatic carbocycles. The molecule has 2 aromatic heterocycles. The van der Waals surface area contributed by atoms with Crippen LogP contribution in [0.5, 0.6) is 0 Å². The highest BCUT2D eigenvalue weighted by Gasteiger charge is 2.29. The smallest absolute Gasteiger partial charge is 0.305 e. The van der Waals surface area contributed by atoms with E-state index in [-0.39, 0.29) is 17.4 Å². The molecule has 0 spiro atoms. The topological polar surface area (TPSA) is 101 Å². The number of halogens is 1. The van der Waals surface area contributed by atoms with Gasteiger partial charge in [0.05, 0.1) is 11.3 Å². The number of sulfonamides is 1. The highest BCUT2D eigenvalue weighted by atomic mass is 32.2. The maximum Gasteiger partial charge on any atom is 0.305 e. The Morgan fingerprint density at radius 1 is 1.14 bits per heavy atom. The van der Waals surface area contributed by atoms with Crippen molar-refractivity contribution in [3.8, 4) is 0 Å². The molecule has 1 aliphatic rings. The molecular formula is C27H26FN3O4S. The lowest BCUT2D eigenvalue weighted by atomic mass is 9.89. The van der Waals surface area contributed by atoms with E-state index in [1.165, 1.54) is 12.1 Å². The minimum Gasteiger partial charge on any atom is -0.481 e. The van der Waals surface area contributed by atoms with E-state index in [1.807, 2.05) is 30.5 Å². The van der Waals surface area contributed by atoms with Gasteiger partial charge in [0.2, 0.25) is 10.0 Å². The Morgan fingerprint density at radius 2 is 1.94 bits per heavy atom. The van der Waals surface area contributed by atoms with E-state index >= 15 is 0 Å². The van der Waals surface area contributed by atoms with E-state index < -0.39 is 21.8 Å². The van der Waals surface area contributed by atoms with Crippen LogP contribution in [0, 0.1) is 5.82 Å². The van der Waals surface area contributed by atoms with Gasteiger partial charge in [-0.05, 0) is 78.8 Å². The Morgan fingerprint density at radius 3 is 2.67 bits per heavy atom. The Hall–Kier alpha value is -3.56. The van der Waals surface area contributed by atoms with Crippen molar-refractivity contribution in [1.29, 1.82) is 0 Å². The fraction of sp³-hybridized carbons (Fsp3) is 0.259. The second-order valence-corrected chi connectivity index (χ2v) is 10.8. The molecule has 0 saturated heterocycles. The number of carbonyl (C=O) groups is 1. The molecule has 4 aromatic rings. The minimum atomic E-state index is -3.82. The molecule has 0 amide bonds. The first-order valence-electron chi connectivity index (χ1n) is 11.8.